The topological polar surface area (TPSA) is 73.5 Å². The SMILES string of the molecule is CCCCCCCCCCCCN(CCCCCCCCCCCC)c1ccc(C=Cc2ccc(C=Cc3cc[n+](CC)cc3)cc2)cc1.CCOS(=O)(=O)[O-]. The lowest BCUT2D eigenvalue weighted by atomic mass is 10.1. The van der Waals surface area contributed by atoms with Crippen molar-refractivity contribution in [3.63, 3.8) is 0 Å². The van der Waals surface area contributed by atoms with E-state index in [9.17, 15) is 13.0 Å². The molecule has 0 aliphatic rings. The van der Waals surface area contributed by atoms with Crippen molar-refractivity contribution in [2.45, 2.75) is 163 Å². The van der Waals surface area contributed by atoms with Crippen molar-refractivity contribution in [1.82, 2.24) is 0 Å². The molecule has 56 heavy (non-hydrogen) atoms. The Morgan fingerprint density at radius 2 is 0.821 bits per heavy atom. The van der Waals surface area contributed by atoms with Crippen molar-refractivity contribution in [3.8, 4) is 0 Å². The number of aryl methyl sites for hydroxylation is 1. The monoisotopic (exact) mass is 789 g/mol. The fraction of sp³-hybridized carbons (Fsp3) is 0.571. The molecule has 0 fully saturated rings. The van der Waals surface area contributed by atoms with E-state index in [1.807, 2.05) is 0 Å². The Labute approximate surface area is 343 Å². The minimum atomic E-state index is -4.42. The molecule has 0 bridgehead atoms. The van der Waals surface area contributed by atoms with E-state index in [-0.39, 0.29) is 6.61 Å². The molecule has 0 amide bonds. The Bertz CT molecular complexity index is 1510. The van der Waals surface area contributed by atoms with Crippen molar-refractivity contribution < 1.29 is 21.7 Å². The van der Waals surface area contributed by atoms with Gasteiger partial charge in [-0.2, -0.15) is 0 Å². The van der Waals surface area contributed by atoms with Crippen LogP contribution in [0.25, 0.3) is 24.3 Å². The van der Waals surface area contributed by atoms with Crippen LogP contribution in [0, 0.1) is 0 Å². The van der Waals surface area contributed by atoms with Gasteiger partial charge in [-0.15, -0.1) is 0 Å². The van der Waals surface area contributed by atoms with Crippen LogP contribution in [0.3, 0.4) is 0 Å². The second kappa shape index (κ2) is 31.8. The average Bonchev–Trinajstić information content (AvgIpc) is 3.20. The van der Waals surface area contributed by atoms with Crippen molar-refractivity contribution in [1.29, 1.82) is 0 Å². The molecule has 0 spiro atoms. The Morgan fingerprint density at radius 3 is 1.12 bits per heavy atom. The molecule has 0 N–H and O–H groups in total. The zero-order valence-electron chi connectivity index (χ0n) is 35.6. The minimum absolute atomic E-state index is 0.0914. The van der Waals surface area contributed by atoms with Gasteiger partial charge in [0.1, 0.15) is 6.54 Å². The first-order valence-corrected chi connectivity index (χ1v) is 23.5. The summed E-state index contributed by atoms with van der Waals surface area (Å²) in [6.45, 7) is 11.5. The van der Waals surface area contributed by atoms with E-state index in [2.05, 4.69) is 132 Å². The number of aromatic nitrogens is 1. The maximum atomic E-state index is 9.45. The molecule has 2 aromatic carbocycles. The molecule has 0 unspecified atom stereocenters. The Morgan fingerprint density at radius 1 is 0.500 bits per heavy atom. The lowest BCUT2D eigenvalue weighted by Crippen LogP contribution is -2.30. The van der Waals surface area contributed by atoms with Gasteiger partial charge in [-0.25, -0.2) is 13.0 Å². The summed E-state index contributed by atoms with van der Waals surface area (Å²) in [5.41, 5.74) is 6.33. The number of pyridine rings is 1. The molecule has 0 radical (unpaired) electrons. The highest BCUT2D eigenvalue weighted by Gasteiger charge is 2.07. The molecule has 1 aromatic heterocycles. The molecule has 3 aromatic rings. The molecule has 0 saturated carbocycles. The summed E-state index contributed by atoms with van der Waals surface area (Å²) in [4.78, 5) is 2.67. The second-order valence-corrected chi connectivity index (χ2v) is 16.1. The predicted molar refractivity (Wildman–Crippen MR) is 240 cm³/mol. The van der Waals surface area contributed by atoms with Gasteiger partial charge in [-0.3, -0.25) is 4.18 Å². The third-order valence-corrected chi connectivity index (χ3v) is 10.8. The van der Waals surface area contributed by atoms with E-state index in [0.29, 0.717) is 0 Å². The van der Waals surface area contributed by atoms with Crippen LogP contribution in [0.5, 0.6) is 0 Å². The van der Waals surface area contributed by atoms with Gasteiger partial charge in [0.15, 0.2) is 12.4 Å². The van der Waals surface area contributed by atoms with Crippen molar-refractivity contribution in [2.24, 2.45) is 0 Å². The first kappa shape index (κ1) is 48.9. The minimum Gasteiger partial charge on any atom is -0.726 e. The predicted octanol–water partition coefficient (Wildman–Crippen LogP) is 13.5. The van der Waals surface area contributed by atoms with Crippen LogP contribution in [0.15, 0.2) is 73.1 Å². The summed E-state index contributed by atoms with van der Waals surface area (Å²) < 4.78 is 34.2. The van der Waals surface area contributed by atoms with E-state index >= 15 is 0 Å². The Kier molecular flexibility index (Phi) is 27.7. The van der Waals surface area contributed by atoms with Crippen LogP contribution in [-0.4, -0.2) is 32.7 Å². The van der Waals surface area contributed by atoms with Gasteiger partial charge >= 0.3 is 0 Å². The number of benzene rings is 2. The van der Waals surface area contributed by atoms with Gasteiger partial charge in [0.2, 0.25) is 10.4 Å². The van der Waals surface area contributed by atoms with Crippen molar-refractivity contribution >= 4 is 40.4 Å². The molecule has 0 saturated heterocycles. The maximum absolute atomic E-state index is 9.45. The molecule has 7 heteroatoms. The smallest absolute Gasteiger partial charge is 0.217 e. The molecule has 1 heterocycles. The average molecular weight is 789 g/mol. The van der Waals surface area contributed by atoms with E-state index in [0.717, 1.165) is 6.54 Å². The highest BCUT2D eigenvalue weighted by atomic mass is 32.3. The van der Waals surface area contributed by atoms with Crippen molar-refractivity contribution in [2.75, 3.05) is 24.6 Å². The zero-order chi connectivity index (χ0) is 40.5. The Hall–Kier alpha value is -3.26. The van der Waals surface area contributed by atoms with Gasteiger partial charge in [-0.1, -0.05) is 190 Å². The second-order valence-electron chi connectivity index (χ2n) is 15.1. The number of rotatable bonds is 30. The first-order valence-electron chi connectivity index (χ1n) is 22.2. The number of hydrogen-bond acceptors (Lipinski definition) is 5. The van der Waals surface area contributed by atoms with Crippen LogP contribution in [-0.2, 0) is 21.1 Å². The third kappa shape index (κ3) is 25.1. The standard InChI is InChI=1S/C47H71N2.C2H6O4S/c1-4-7-9-11-13-15-17-19-21-23-39-49(40-24-22-20-18-16-14-12-10-8-5-2)47-35-33-45(34-36-47)30-29-43-25-27-44(28-26-43)31-32-46-37-41-48(6-3)42-38-46;1-2-6-7(3,4)5/h25-38,41-42H,4-24,39-40H2,1-3H3;2H2,1H3,(H,3,4,5)/q+1;/p-1. The summed E-state index contributed by atoms with van der Waals surface area (Å²) >= 11 is 0. The van der Waals surface area contributed by atoms with Gasteiger partial charge < -0.3 is 9.45 Å². The van der Waals surface area contributed by atoms with E-state index in [1.54, 1.807) is 0 Å². The largest absolute Gasteiger partial charge is 0.726 e. The molecule has 312 valence electrons. The molecular formula is C49H76N2O4S. The van der Waals surface area contributed by atoms with E-state index in [4.69, 9.17) is 0 Å². The summed E-state index contributed by atoms with van der Waals surface area (Å²) in [5, 5.41) is 0. The zero-order valence-corrected chi connectivity index (χ0v) is 36.5. The molecule has 3 rings (SSSR count). The maximum Gasteiger partial charge on any atom is 0.217 e. The molecular weight excluding hydrogens is 713 g/mol. The van der Waals surface area contributed by atoms with Gasteiger partial charge in [0.05, 0.1) is 6.61 Å². The van der Waals surface area contributed by atoms with Gasteiger partial charge in [-0.05, 0) is 61.1 Å². The highest BCUT2D eigenvalue weighted by Crippen LogP contribution is 2.21. The van der Waals surface area contributed by atoms with Crippen LogP contribution in [0.2, 0.25) is 0 Å². The van der Waals surface area contributed by atoms with Crippen LogP contribution < -0.4 is 9.47 Å². The summed E-state index contributed by atoms with van der Waals surface area (Å²) in [5.74, 6) is 0. The normalized spacial score (nSPS) is 11.7. The highest BCUT2D eigenvalue weighted by molar-refractivity contribution is 7.80. The number of unbranched alkanes of at least 4 members (excludes halogenated alkanes) is 18. The Balaban J connectivity index is 0.00000141. The fourth-order valence-corrected chi connectivity index (χ4v) is 7.07. The summed E-state index contributed by atoms with van der Waals surface area (Å²) in [6.07, 6.45) is 41.0. The van der Waals surface area contributed by atoms with E-state index in [1.165, 1.54) is 176 Å². The third-order valence-electron chi connectivity index (χ3n) is 10.2. The lowest BCUT2D eigenvalue weighted by molar-refractivity contribution is -0.693. The molecule has 0 aliphatic heterocycles. The number of anilines is 1. The summed E-state index contributed by atoms with van der Waals surface area (Å²) in [6, 6.07) is 22.5. The number of hydrogen-bond donors (Lipinski definition) is 0. The first-order chi connectivity index (χ1) is 27.3. The van der Waals surface area contributed by atoms with Gasteiger partial charge in [0, 0.05) is 30.9 Å². The number of nitrogens with zero attached hydrogens (tertiary/aromatic N) is 2. The quantitative estimate of drug-likeness (QED) is 0.0221. The fourth-order valence-electron chi connectivity index (χ4n) is 6.78. The molecule has 6 nitrogen and oxygen atoms in total. The van der Waals surface area contributed by atoms with Crippen LogP contribution in [0.4, 0.5) is 5.69 Å². The van der Waals surface area contributed by atoms with Gasteiger partial charge in [0.25, 0.3) is 0 Å². The van der Waals surface area contributed by atoms with Crippen molar-refractivity contribution in [3.05, 3.63) is 95.3 Å². The lowest BCUT2D eigenvalue weighted by Gasteiger charge is -2.25. The van der Waals surface area contributed by atoms with Crippen LogP contribution >= 0.6 is 0 Å². The molecule has 0 aliphatic carbocycles. The van der Waals surface area contributed by atoms with E-state index < -0.39 is 10.4 Å². The summed E-state index contributed by atoms with van der Waals surface area (Å²) in [7, 11) is -4.42. The van der Waals surface area contributed by atoms with Crippen LogP contribution in [0.1, 0.15) is 178 Å². The molecule has 0 atom stereocenters.